The van der Waals surface area contributed by atoms with Gasteiger partial charge >= 0.3 is 0 Å². The van der Waals surface area contributed by atoms with Gasteiger partial charge in [-0.15, -0.1) is 0 Å². The predicted molar refractivity (Wildman–Crippen MR) is 52.4 cm³/mol. The van der Waals surface area contributed by atoms with E-state index >= 15 is 0 Å². The van der Waals surface area contributed by atoms with Gasteiger partial charge in [-0.05, 0) is 19.9 Å². The van der Waals surface area contributed by atoms with Crippen LogP contribution in [0, 0.1) is 0 Å². The summed E-state index contributed by atoms with van der Waals surface area (Å²) < 4.78 is 0. The van der Waals surface area contributed by atoms with Crippen molar-refractivity contribution in [1.29, 1.82) is 0 Å². The number of hydrogen-bond acceptors (Lipinski definition) is 3. The van der Waals surface area contributed by atoms with E-state index in [1.165, 1.54) is 0 Å². The topological polar surface area (TPSA) is 49.6 Å². The highest BCUT2D eigenvalue weighted by Gasteiger charge is 2.18. The van der Waals surface area contributed by atoms with Crippen LogP contribution in [0.25, 0.3) is 0 Å². The summed E-state index contributed by atoms with van der Waals surface area (Å²) in [4.78, 5) is 15.5. The molecule has 0 aliphatic carbocycles. The fourth-order valence-corrected chi connectivity index (χ4v) is 1.60. The number of nitrogens with zero attached hydrogens (tertiary/aromatic N) is 2. The fraction of sp³-hybridized carbons (Fsp3) is 0.889. The molecule has 0 radical (unpaired) electrons. The molecule has 0 atom stereocenters. The first-order chi connectivity index (χ1) is 6.24. The lowest BCUT2D eigenvalue weighted by Gasteiger charge is -2.20. The van der Waals surface area contributed by atoms with Crippen molar-refractivity contribution in [3.8, 4) is 0 Å². The zero-order chi connectivity index (χ0) is 9.68. The molecule has 4 nitrogen and oxygen atoms in total. The SMILES string of the molecule is CN(CCN)CC(=O)N1CCCC1. The van der Waals surface area contributed by atoms with Gasteiger partial charge in [0.1, 0.15) is 0 Å². The minimum absolute atomic E-state index is 0.244. The van der Waals surface area contributed by atoms with E-state index in [0.717, 1.165) is 32.5 Å². The summed E-state index contributed by atoms with van der Waals surface area (Å²) in [5.74, 6) is 0.244. The summed E-state index contributed by atoms with van der Waals surface area (Å²) in [6.45, 7) is 3.80. The van der Waals surface area contributed by atoms with E-state index in [9.17, 15) is 4.79 Å². The van der Waals surface area contributed by atoms with Gasteiger partial charge in [0.15, 0.2) is 0 Å². The second-order valence-corrected chi connectivity index (χ2v) is 3.61. The van der Waals surface area contributed by atoms with Crippen molar-refractivity contribution in [3.63, 3.8) is 0 Å². The zero-order valence-corrected chi connectivity index (χ0v) is 8.33. The Bertz CT molecular complexity index is 166. The van der Waals surface area contributed by atoms with Crippen LogP contribution in [-0.4, -0.2) is 55.5 Å². The van der Waals surface area contributed by atoms with Crippen LogP contribution >= 0.6 is 0 Å². The second kappa shape index (κ2) is 5.19. The van der Waals surface area contributed by atoms with Crippen LogP contribution < -0.4 is 5.73 Å². The molecule has 1 rings (SSSR count). The van der Waals surface area contributed by atoms with Gasteiger partial charge in [0.05, 0.1) is 6.54 Å². The Kier molecular flexibility index (Phi) is 4.18. The van der Waals surface area contributed by atoms with Crippen molar-refractivity contribution in [2.24, 2.45) is 5.73 Å². The van der Waals surface area contributed by atoms with Crippen LogP contribution in [0.4, 0.5) is 0 Å². The molecule has 0 spiro atoms. The van der Waals surface area contributed by atoms with E-state index < -0.39 is 0 Å². The number of nitrogens with two attached hydrogens (primary N) is 1. The summed E-state index contributed by atoms with van der Waals surface area (Å²) in [7, 11) is 1.93. The second-order valence-electron chi connectivity index (χ2n) is 3.61. The fourth-order valence-electron chi connectivity index (χ4n) is 1.60. The number of likely N-dealkylation sites (tertiary alicyclic amines) is 1. The van der Waals surface area contributed by atoms with Gasteiger partial charge in [-0.25, -0.2) is 0 Å². The Morgan fingerprint density at radius 2 is 2.08 bits per heavy atom. The first kappa shape index (κ1) is 10.5. The minimum Gasteiger partial charge on any atom is -0.342 e. The molecule has 0 aromatic heterocycles. The van der Waals surface area contributed by atoms with Gasteiger partial charge in [-0.3, -0.25) is 9.69 Å². The minimum atomic E-state index is 0.244. The summed E-state index contributed by atoms with van der Waals surface area (Å²) >= 11 is 0. The smallest absolute Gasteiger partial charge is 0.236 e. The largest absolute Gasteiger partial charge is 0.342 e. The molecule has 1 aliphatic rings. The average molecular weight is 185 g/mol. The molecule has 1 fully saturated rings. The van der Waals surface area contributed by atoms with Crippen LogP contribution in [-0.2, 0) is 4.79 Å². The molecular weight excluding hydrogens is 166 g/mol. The third-order valence-corrected chi connectivity index (χ3v) is 2.37. The monoisotopic (exact) mass is 185 g/mol. The van der Waals surface area contributed by atoms with Gasteiger partial charge in [0.2, 0.25) is 5.91 Å². The maximum Gasteiger partial charge on any atom is 0.236 e. The van der Waals surface area contributed by atoms with E-state index in [1.807, 2.05) is 16.8 Å². The van der Waals surface area contributed by atoms with E-state index in [-0.39, 0.29) is 5.91 Å². The molecule has 13 heavy (non-hydrogen) atoms. The summed E-state index contributed by atoms with van der Waals surface area (Å²) in [6, 6.07) is 0. The van der Waals surface area contributed by atoms with Crippen molar-refractivity contribution in [2.45, 2.75) is 12.8 Å². The number of carbonyl (C=O) groups excluding carboxylic acids is 1. The van der Waals surface area contributed by atoms with Crippen LogP contribution in [0.1, 0.15) is 12.8 Å². The van der Waals surface area contributed by atoms with Gasteiger partial charge in [0, 0.05) is 26.2 Å². The van der Waals surface area contributed by atoms with Gasteiger partial charge in [-0.1, -0.05) is 0 Å². The molecule has 2 N–H and O–H groups in total. The lowest BCUT2D eigenvalue weighted by atomic mass is 10.4. The van der Waals surface area contributed by atoms with E-state index in [0.29, 0.717) is 13.1 Å². The molecule has 0 aromatic carbocycles. The number of carbonyl (C=O) groups is 1. The number of hydrogen-bond donors (Lipinski definition) is 1. The van der Waals surface area contributed by atoms with Crippen molar-refractivity contribution < 1.29 is 4.79 Å². The Balaban J connectivity index is 2.23. The predicted octanol–water partition coefficient (Wildman–Crippen LogP) is -0.501. The molecule has 1 amide bonds. The Labute approximate surface area is 79.7 Å². The maximum atomic E-state index is 11.6. The van der Waals surface area contributed by atoms with Gasteiger partial charge < -0.3 is 10.6 Å². The highest BCUT2D eigenvalue weighted by molar-refractivity contribution is 5.78. The zero-order valence-electron chi connectivity index (χ0n) is 8.33. The highest BCUT2D eigenvalue weighted by atomic mass is 16.2. The molecule has 4 heteroatoms. The van der Waals surface area contributed by atoms with Crippen molar-refractivity contribution >= 4 is 5.91 Å². The van der Waals surface area contributed by atoms with E-state index in [1.54, 1.807) is 0 Å². The van der Waals surface area contributed by atoms with Crippen LogP contribution in [0.2, 0.25) is 0 Å². The molecule has 1 saturated heterocycles. The molecule has 0 saturated carbocycles. The number of rotatable bonds is 4. The highest BCUT2D eigenvalue weighted by Crippen LogP contribution is 2.07. The third-order valence-electron chi connectivity index (χ3n) is 2.37. The lowest BCUT2D eigenvalue weighted by Crippen LogP contribution is -2.38. The molecule has 76 valence electrons. The van der Waals surface area contributed by atoms with Crippen LogP contribution in [0.5, 0.6) is 0 Å². The Morgan fingerprint density at radius 1 is 1.46 bits per heavy atom. The van der Waals surface area contributed by atoms with E-state index in [2.05, 4.69) is 0 Å². The van der Waals surface area contributed by atoms with Gasteiger partial charge in [-0.2, -0.15) is 0 Å². The lowest BCUT2D eigenvalue weighted by molar-refractivity contribution is -0.131. The molecule has 1 heterocycles. The van der Waals surface area contributed by atoms with Crippen molar-refractivity contribution in [1.82, 2.24) is 9.80 Å². The number of likely N-dealkylation sites (N-methyl/N-ethyl adjacent to an activating group) is 1. The number of amides is 1. The van der Waals surface area contributed by atoms with Crippen molar-refractivity contribution in [2.75, 3.05) is 39.8 Å². The summed E-state index contributed by atoms with van der Waals surface area (Å²) in [5.41, 5.74) is 5.39. The van der Waals surface area contributed by atoms with Crippen LogP contribution in [0.15, 0.2) is 0 Å². The summed E-state index contributed by atoms with van der Waals surface area (Å²) in [5, 5.41) is 0. The molecule has 0 unspecified atom stereocenters. The van der Waals surface area contributed by atoms with Crippen LogP contribution in [0.3, 0.4) is 0 Å². The maximum absolute atomic E-state index is 11.6. The van der Waals surface area contributed by atoms with Crippen molar-refractivity contribution in [3.05, 3.63) is 0 Å². The Hall–Kier alpha value is -0.610. The quantitative estimate of drug-likeness (QED) is 0.642. The normalized spacial score (nSPS) is 17.0. The molecule has 0 aromatic rings. The average Bonchev–Trinajstić information content (AvgIpc) is 2.55. The first-order valence-electron chi connectivity index (χ1n) is 4.90. The third kappa shape index (κ3) is 3.32. The molecule has 1 aliphatic heterocycles. The summed E-state index contributed by atoms with van der Waals surface area (Å²) in [6.07, 6.45) is 2.32. The molecule has 0 bridgehead atoms. The van der Waals surface area contributed by atoms with E-state index in [4.69, 9.17) is 5.73 Å². The molecular formula is C9H19N3O. The standard InChI is InChI=1S/C9H19N3O/c1-11(7-4-10)8-9(13)12-5-2-3-6-12/h2-8,10H2,1H3. The van der Waals surface area contributed by atoms with Gasteiger partial charge in [0.25, 0.3) is 0 Å². The first-order valence-corrected chi connectivity index (χ1v) is 4.90. The Morgan fingerprint density at radius 3 is 2.62 bits per heavy atom.